The van der Waals surface area contributed by atoms with E-state index in [-0.39, 0.29) is 12.1 Å². The first-order valence-electron chi connectivity index (χ1n) is 8.93. The molecular formula is C19H26N4O3. The number of amides is 1. The van der Waals surface area contributed by atoms with Gasteiger partial charge >= 0.3 is 6.09 Å². The molecule has 1 aromatic carbocycles. The van der Waals surface area contributed by atoms with Gasteiger partial charge < -0.3 is 19.1 Å². The molecule has 0 unspecified atom stereocenters. The molecule has 0 aliphatic carbocycles. The van der Waals surface area contributed by atoms with Crippen molar-refractivity contribution in [2.24, 2.45) is 0 Å². The molecule has 0 radical (unpaired) electrons. The summed E-state index contributed by atoms with van der Waals surface area (Å²) in [5, 5.41) is 4.10. The van der Waals surface area contributed by atoms with Gasteiger partial charge in [-0.25, -0.2) is 4.79 Å². The number of carbonyl (C=O) groups excluding carboxylic acids is 1. The lowest BCUT2D eigenvalue weighted by Gasteiger charge is -2.36. The van der Waals surface area contributed by atoms with Gasteiger partial charge in [0.1, 0.15) is 5.60 Å². The predicted octanol–water partition coefficient (Wildman–Crippen LogP) is 3.57. The summed E-state index contributed by atoms with van der Waals surface area (Å²) in [6.07, 6.45) is 1.40. The Labute approximate surface area is 153 Å². The second kappa shape index (κ2) is 7.35. The van der Waals surface area contributed by atoms with Gasteiger partial charge in [-0.1, -0.05) is 18.2 Å². The molecule has 3 rings (SSSR count). The number of anilines is 1. The van der Waals surface area contributed by atoms with Gasteiger partial charge in [0.15, 0.2) is 0 Å². The zero-order valence-corrected chi connectivity index (χ0v) is 15.8. The van der Waals surface area contributed by atoms with Gasteiger partial charge in [0.2, 0.25) is 0 Å². The summed E-state index contributed by atoms with van der Waals surface area (Å²) in [6, 6.07) is 9.88. The van der Waals surface area contributed by atoms with Crippen molar-refractivity contribution >= 4 is 12.0 Å². The molecule has 1 amide bonds. The summed E-state index contributed by atoms with van der Waals surface area (Å²) in [4.78, 5) is 20.5. The Kier molecular flexibility index (Phi) is 5.15. The maximum Gasteiger partial charge on any atom is 0.410 e. The molecule has 0 bridgehead atoms. The Bertz CT molecular complexity index is 731. The average molecular weight is 358 g/mol. The summed E-state index contributed by atoms with van der Waals surface area (Å²) in [5.41, 5.74) is 0.427. The minimum absolute atomic E-state index is 0.154. The first kappa shape index (κ1) is 18.2. The highest BCUT2D eigenvalue weighted by Gasteiger charge is 2.29. The fraction of sp³-hybridized carbons (Fsp3) is 0.526. The second-order valence-electron chi connectivity index (χ2n) is 7.58. The quantitative estimate of drug-likeness (QED) is 0.835. The lowest BCUT2D eigenvalue weighted by molar-refractivity contribution is 0.0200. The second-order valence-corrected chi connectivity index (χ2v) is 7.58. The lowest BCUT2D eigenvalue weighted by Crippen LogP contribution is -2.47. The Morgan fingerprint density at radius 1 is 1.23 bits per heavy atom. The van der Waals surface area contributed by atoms with Crippen LogP contribution in [0.15, 0.2) is 34.9 Å². The third kappa shape index (κ3) is 4.33. The van der Waals surface area contributed by atoms with E-state index in [1.807, 2.05) is 51.1 Å². The number of aromatic nitrogens is 2. The number of ether oxygens (including phenoxy) is 1. The van der Waals surface area contributed by atoms with E-state index in [4.69, 9.17) is 9.26 Å². The van der Waals surface area contributed by atoms with Crippen molar-refractivity contribution in [3.8, 4) is 11.5 Å². The van der Waals surface area contributed by atoms with Crippen LogP contribution >= 0.6 is 0 Å². The Morgan fingerprint density at radius 3 is 2.50 bits per heavy atom. The normalized spacial score (nSPS) is 15.8. The zero-order chi connectivity index (χ0) is 18.7. The molecule has 1 aliphatic rings. The Balaban J connectivity index is 1.57. The maximum absolute atomic E-state index is 12.2. The molecule has 7 nitrogen and oxygen atoms in total. The number of benzene rings is 1. The zero-order valence-electron chi connectivity index (χ0n) is 15.8. The van der Waals surface area contributed by atoms with E-state index in [2.05, 4.69) is 15.0 Å². The molecule has 1 fully saturated rings. The van der Waals surface area contributed by atoms with Crippen LogP contribution in [0.3, 0.4) is 0 Å². The van der Waals surface area contributed by atoms with Crippen molar-refractivity contribution in [3.05, 3.63) is 30.3 Å². The van der Waals surface area contributed by atoms with E-state index < -0.39 is 5.60 Å². The van der Waals surface area contributed by atoms with E-state index in [1.165, 1.54) is 0 Å². The Hall–Kier alpha value is -2.57. The number of hydrogen-bond donors (Lipinski definition) is 0. The van der Waals surface area contributed by atoms with Crippen LogP contribution in [-0.4, -0.2) is 52.9 Å². The van der Waals surface area contributed by atoms with E-state index in [0.717, 1.165) is 31.5 Å². The van der Waals surface area contributed by atoms with Crippen molar-refractivity contribution in [2.45, 2.75) is 45.3 Å². The fourth-order valence-corrected chi connectivity index (χ4v) is 2.98. The number of carbonyl (C=O) groups is 1. The maximum atomic E-state index is 12.2. The molecule has 0 atom stereocenters. The molecule has 1 aromatic heterocycles. The fourth-order valence-electron chi connectivity index (χ4n) is 2.98. The summed E-state index contributed by atoms with van der Waals surface area (Å²) < 4.78 is 10.8. The molecule has 7 heteroatoms. The topological polar surface area (TPSA) is 71.7 Å². The van der Waals surface area contributed by atoms with Gasteiger partial charge in [-0.15, -0.1) is 0 Å². The number of piperidine rings is 1. The lowest BCUT2D eigenvalue weighted by atomic mass is 10.0. The summed E-state index contributed by atoms with van der Waals surface area (Å²) in [6.45, 7) is 7.17. The largest absolute Gasteiger partial charge is 0.444 e. The molecule has 1 aliphatic heterocycles. The van der Waals surface area contributed by atoms with Crippen molar-refractivity contribution in [1.82, 2.24) is 15.0 Å². The number of rotatable bonds is 3. The SMILES string of the molecule is CN(C(=O)OC(C)(C)C)C1CCN(c2noc(-c3ccccc3)n2)CC1. The van der Waals surface area contributed by atoms with Gasteiger partial charge in [-0.3, -0.25) is 0 Å². The molecular weight excluding hydrogens is 332 g/mol. The highest BCUT2D eigenvalue weighted by atomic mass is 16.6. The first-order chi connectivity index (χ1) is 12.3. The molecule has 140 valence electrons. The van der Waals surface area contributed by atoms with Crippen LogP contribution in [-0.2, 0) is 4.74 Å². The monoisotopic (exact) mass is 358 g/mol. The van der Waals surface area contributed by atoms with Crippen LogP contribution in [0.5, 0.6) is 0 Å². The van der Waals surface area contributed by atoms with Crippen molar-refractivity contribution in [3.63, 3.8) is 0 Å². The molecule has 2 aromatic rings. The molecule has 0 spiro atoms. The standard InChI is InChI=1S/C19H26N4O3/c1-19(2,3)25-18(24)22(4)15-10-12-23(13-11-15)17-20-16(26-21-17)14-8-6-5-7-9-14/h5-9,15H,10-13H2,1-4H3. The van der Waals surface area contributed by atoms with E-state index >= 15 is 0 Å². The molecule has 2 heterocycles. The van der Waals surface area contributed by atoms with E-state index in [9.17, 15) is 4.79 Å². The molecule has 26 heavy (non-hydrogen) atoms. The number of hydrogen-bond acceptors (Lipinski definition) is 6. The smallest absolute Gasteiger partial charge is 0.410 e. The number of nitrogens with zero attached hydrogens (tertiary/aromatic N) is 4. The van der Waals surface area contributed by atoms with Crippen LogP contribution in [0.2, 0.25) is 0 Å². The van der Waals surface area contributed by atoms with E-state index in [1.54, 1.807) is 11.9 Å². The molecule has 0 saturated carbocycles. The average Bonchev–Trinajstić information content (AvgIpc) is 3.11. The highest BCUT2D eigenvalue weighted by molar-refractivity contribution is 5.68. The minimum atomic E-state index is -0.482. The summed E-state index contributed by atoms with van der Waals surface area (Å²) >= 11 is 0. The van der Waals surface area contributed by atoms with Crippen LogP contribution in [0.25, 0.3) is 11.5 Å². The van der Waals surface area contributed by atoms with Gasteiger partial charge in [0.25, 0.3) is 11.8 Å². The van der Waals surface area contributed by atoms with Crippen LogP contribution in [0.4, 0.5) is 10.7 Å². The van der Waals surface area contributed by atoms with Crippen LogP contribution in [0, 0.1) is 0 Å². The molecule has 1 saturated heterocycles. The van der Waals surface area contributed by atoms with Gasteiger partial charge in [-0.2, -0.15) is 4.98 Å². The third-order valence-corrected chi connectivity index (χ3v) is 4.41. The van der Waals surface area contributed by atoms with Crippen LogP contribution in [0.1, 0.15) is 33.6 Å². The van der Waals surface area contributed by atoms with Crippen molar-refractivity contribution in [1.29, 1.82) is 0 Å². The molecule has 0 N–H and O–H groups in total. The van der Waals surface area contributed by atoms with Crippen molar-refractivity contribution < 1.29 is 14.1 Å². The van der Waals surface area contributed by atoms with Gasteiger partial charge in [0, 0.05) is 31.7 Å². The minimum Gasteiger partial charge on any atom is -0.444 e. The first-order valence-corrected chi connectivity index (χ1v) is 8.93. The predicted molar refractivity (Wildman–Crippen MR) is 99.0 cm³/mol. The van der Waals surface area contributed by atoms with Gasteiger partial charge in [-0.05, 0) is 50.9 Å². The van der Waals surface area contributed by atoms with Gasteiger partial charge in [0.05, 0.1) is 0 Å². The highest BCUT2D eigenvalue weighted by Crippen LogP contribution is 2.24. The summed E-state index contributed by atoms with van der Waals surface area (Å²) in [5.74, 6) is 1.12. The van der Waals surface area contributed by atoms with Crippen LogP contribution < -0.4 is 4.90 Å². The Morgan fingerprint density at radius 2 is 1.88 bits per heavy atom. The van der Waals surface area contributed by atoms with E-state index in [0.29, 0.717) is 11.8 Å². The summed E-state index contributed by atoms with van der Waals surface area (Å²) in [7, 11) is 1.80. The van der Waals surface area contributed by atoms with Crippen molar-refractivity contribution in [2.75, 3.05) is 25.0 Å². The third-order valence-electron chi connectivity index (χ3n) is 4.41.